The fourth-order valence-corrected chi connectivity index (χ4v) is 9.55. The first-order chi connectivity index (χ1) is 13.2. The largest absolute Gasteiger partial charge is 0.393 e. The topological polar surface area (TPSA) is 37.3 Å². The summed E-state index contributed by atoms with van der Waals surface area (Å²) in [5, 5.41) is 12.8. The van der Waals surface area contributed by atoms with E-state index in [9.17, 15) is 5.11 Å². The van der Waals surface area contributed by atoms with Gasteiger partial charge in [-0.1, -0.05) is 86.3 Å². The zero-order chi connectivity index (χ0) is 18.7. The minimum atomic E-state index is -2.85. The van der Waals surface area contributed by atoms with Crippen LogP contribution in [0.3, 0.4) is 0 Å². The molecule has 2 saturated carbocycles. The average molecular weight is 382 g/mol. The molecule has 0 amide bonds. The summed E-state index contributed by atoms with van der Waals surface area (Å²) in [6.07, 6.45) is 8.66. The third kappa shape index (κ3) is 3.67. The zero-order valence-electron chi connectivity index (χ0n) is 16.0. The summed E-state index contributed by atoms with van der Waals surface area (Å²) in [6, 6.07) is 20.2. The van der Waals surface area contributed by atoms with Gasteiger partial charge in [0.2, 0.25) is 0 Å². The molecule has 2 nitrogen and oxygen atoms in total. The van der Waals surface area contributed by atoms with E-state index in [4.69, 9.17) is 0 Å². The van der Waals surface area contributed by atoms with Crippen molar-refractivity contribution in [3.8, 4) is 0 Å². The smallest absolute Gasteiger partial charge is 0.146 e. The molecular weight excluding hydrogens is 351 g/mol. The number of benzene rings is 2. The van der Waals surface area contributed by atoms with Crippen molar-refractivity contribution in [3.63, 3.8) is 0 Å². The van der Waals surface area contributed by atoms with Crippen LogP contribution in [-0.4, -0.2) is 16.9 Å². The first-order valence-corrected chi connectivity index (χ1v) is 12.4. The van der Waals surface area contributed by atoms with Crippen molar-refractivity contribution >= 4 is 17.8 Å². The van der Waals surface area contributed by atoms with E-state index in [1.165, 1.54) is 19.3 Å². The third-order valence-electron chi connectivity index (χ3n) is 6.80. The molecule has 0 bridgehead atoms. The second-order valence-corrected chi connectivity index (χ2v) is 11.3. The summed E-state index contributed by atoms with van der Waals surface area (Å²) in [5.74, 6) is 0.599. The van der Waals surface area contributed by atoms with E-state index in [1.54, 1.807) is 0 Å². The van der Waals surface area contributed by atoms with Gasteiger partial charge in [-0.15, -0.1) is 0 Å². The van der Waals surface area contributed by atoms with Gasteiger partial charge in [0.1, 0.15) is 7.14 Å². The maximum Gasteiger partial charge on any atom is 0.146 e. The lowest BCUT2D eigenvalue weighted by Crippen LogP contribution is -2.40. The number of aliphatic hydroxyl groups excluding tert-OH is 1. The first-order valence-electron chi connectivity index (χ1n) is 10.6. The van der Waals surface area contributed by atoms with Gasteiger partial charge in [-0.25, -0.2) is 0 Å². The Labute approximate surface area is 163 Å². The van der Waals surface area contributed by atoms with Gasteiger partial charge in [-0.05, 0) is 37.5 Å². The van der Waals surface area contributed by atoms with E-state index in [2.05, 4.69) is 0 Å². The number of aliphatic hydroxyl groups is 1. The van der Waals surface area contributed by atoms with Gasteiger partial charge < -0.3 is 9.67 Å². The molecule has 0 heterocycles. The molecular formula is C24H31O2P. The summed E-state index contributed by atoms with van der Waals surface area (Å²) in [4.78, 5) is 0. The third-order valence-corrected chi connectivity index (χ3v) is 10.6. The number of rotatable bonds is 5. The molecule has 2 aliphatic carbocycles. The first kappa shape index (κ1) is 19.0. The lowest BCUT2D eigenvalue weighted by atomic mass is 9.81. The highest BCUT2D eigenvalue weighted by molar-refractivity contribution is 7.79. The zero-order valence-corrected chi connectivity index (χ0v) is 16.9. The molecule has 2 fully saturated rings. The lowest BCUT2D eigenvalue weighted by Gasteiger charge is -2.41. The van der Waals surface area contributed by atoms with E-state index >= 15 is 4.57 Å². The lowest BCUT2D eigenvalue weighted by molar-refractivity contribution is 0.114. The van der Waals surface area contributed by atoms with Crippen LogP contribution < -0.4 is 10.6 Å². The average Bonchev–Trinajstić information content (AvgIpc) is 3.15. The molecule has 2 aromatic rings. The maximum atomic E-state index is 15.0. The Balaban J connectivity index is 1.87. The minimum absolute atomic E-state index is 0.0556. The monoisotopic (exact) mass is 382 g/mol. The highest BCUT2D eigenvalue weighted by atomic mass is 31.2. The van der Waals surface area contributed by atoms with Gasteiger partial charge >= 0.3 is 0 Å². The van der Waals surface area contributed by atoms with Crippen LogP contribution in [0.5, 0.6) is 0 Å². The van der Waals surface area contributed by atoms with Crippen LogP contribution in [0.2, 0.25) is 0 Å². The molecule has 144 valence electrons. The van der Waals surface area contributed by atoms with Crippen molar-refractivity contribution in [1.82, 2.24) is 0 Å². The van der Waals surface area contributed by atoms with Gasteiger partial charge in [0.15, 0.2) is 0 Å². The van der Waals surface area contributed by atoms with Crippen molar-refractivity contribution in [2.75, 3.05) is 0 Å². The van der Waals surface area contributed by atoms with Crippen molar-refractivity contribution in [2.24, 2.45) is 11.8 Å². The van der Waals surface area contributed by atoms with Crippen molar-refractivity contribution < 1.29 is 9.67 Å². The Morgan fingerprint density at radius 3 is 1.78 bits per heavy atom. The molecule has 0 aromatic heterocycles. The van der Waals surface area contributed by atoms with Crippen LogP contribution in [0.1, 0.15) is 51.4 Å². The summed E-state index contributed by atoms with van der Waals surface area (Å²) < 4.78 is 15.0. The Kier molecular flexibility index (Phi) is 5.85. The van der Waals surface area contributed by atoms with Crippen LogP contribution >= 0.6 is 7.14 Å². The van der Waals surface area contributed by atoms with Crippen LogP contribution in [0.25, 0.3) is 0 Å². The summed E-state index contributed by atoms with van der Waals surface area (Å²) >= 11 is 0. The van der Waals surface area contributed by atoms with Crippen molar-refractivity contribution in [3.05, 3.63) is 60.7 Å². The highest BCUT2D eigenvalue weighted by Crippen LogP contribution is 2.59. The quantitative estimate of drug-likeness (QED) is 0.730. The molecule has 0 unspecified atom stereocenters. The van der Waals surface area contributed by atoms with Gasteiger partial charge in [0, 0.05) is 16.3 Å². The number of hydrogen-bond donors (Lipinski definition) is 1. The molecule has 2 aromatic carbocycles. The molecule has 0 radical (unpaired) electrons. The van der Waals surface area contributed by atoms with Crippen LogP contribution in [-0.2, 0) is 4.57 Å². The van der Waals surface area contributed by atoms with Crippen LogP contribution in [0.15, 0.2) is 60.7 Å². The van der Waals surface area contributed by atoms with Crippen LogP contribution in [0.4, 0.5) is 0 Å². The Bertz CT molecular complexity index is 724. The number of hydrogen-bond acceptors (Lipinski definition) is 2. The molecule has 2 aliphatic rings. The SMILES string of the molecule is O=P(c1ccccc1)(c1ccccc1)[C@@H](C1CCCCC1)[C@H]1CCC[C@@H]1O. The van der Waals surface area contributed by atoms with E-state index in [-0.39, 0.29) is 17.7 Å². The predicted octanol–water partition coefficient (Wildman–Crippen LogP) is 5.11. The van der Waals surface area contributed by atoms with Crippen molar-refractivity contribution in [1.29, 1.82) is 0 Å². The van der Waals surface area contributed by atoms with Gasteiger partial charge in [0.25, 0.3) is 0 Å². The summed E-state index contributed by atoms with van der Waals surface area (Å²) in [6.45, 7) is 0. The normalized spacial score (nSPS) is 25.4. The molecule has 1 N–H and O–H groups in total. The van der Waals surface area contributed by atoms with E-state index in [1.807, 2.05) is 60.7 Å². The summed E-state index contributed by atoms with van der Waals surface area (Å²) in [5.41, 5.74) is 0.0556. The van der Waals surface area contributed by atoms with Crippen LogP contribution in [0, 0.1) is 11.8 Å². The van der Waals surface area contributed by atoms with Gasteiger partial charge in [0.05, 0.1) is 6.10 Å². The molecule has 3 atom stereocenters. The fourth-order valence-electron chi connectivity index (χ4n) is 5.55. The highest BCUT2D eigenvalue weighted by Gasteiger charge is 2.48. The molecule has 3 heteroatoms. The minimum Gasteiger partial charge on any atom is -0.393 e. The maximum absolute atomic E-state index is 15.0. The van der Waals surface area contributed by atoms with E-state index < -0.39 is 7.14 Å². The molecule has 0 aliphatic heterocycles. The second-order valence-electron chi connectivity index (χ2n) is 8.38. The van der Waals surface area contributed by atoms with E-state index in [0.717, 1.165) is 42.7 Å². The Morgan fingerprint density at radius 1 is 0.741 bits per heavy atom. The molecule has 0 saturated heterocycles. The van der Waals surface area contributed by atoms with Crippen molar-refractivity contribution in [2.45, 2.75) is 63.1 Å². The predicted molar refractivity (Wildman–Crippen MR) is 113 cm³/mol. The molecule has 0 spiro atoms. The molecule has 4 rings (SSSR count). The van der Waals surface area contributed by atoms with Gasteiger partial charge in [-0.2, -0.15) is 0 Å². The van der Waals surface area contributed by atoms with E-state index in [0.29, 0.717) is 5.92 Å². The fraction of sp³-hybridized carbons (Fsp3) is 0.500. The Hall–Kier alpha value is -1.37. The Morgan fingerprint density at radius 2 is 1.30 bits per heavy atom. The molecule has 27 heavy (non-hydrogen) atoms. The standard InChI is InChI=1S/C24H31O2P/c25-23-18-10-17-22(23)24(19-11-4-1-5-12-19)27(26,20-13-6-2-7-14-20)21-15-8-3-9-16-21/h2-3,6-9,13-16,19,22-25H,1,4-5,10-12,17-18H2/t22-,23-,24-/m0/s1. The van der Waals surface area contributed by atoms with Gasteiger partial charge in [-0.3, -0.25) is 0 Å². The summed E-state index contributed by atoms with van der Waals surface area (Å²) in [7, 11) is -2.85. The second kappa shape index (κ2) is 8.33.